The molecule has 0 aromatic carbocycles. The summed E-state index contributed by atoms with van der Waals surface area (Å²) in [4.78, 5) is 5.21. The number of likely N-dealkylation sites (tertiary alicyclic amines) is 1. The van der Waals surface area contributed by atoms with Gasteiger partial charge in [0.25, 0.3) is 0 Å². The Hall–Kier alpha value is -0.120. The predicted octanol–water partition coefficient (Wildman–Crippen LogP) is 2.32. The second kappa shape index (κ2) is 7.61. The van der Waals surface area contributed by atoms with Crippen LogP contribution in [0.3, 0.4) is 0 Å². The van der Waals surface area contributed by atoms with Crippen LogP contribution in [0.5, 0.6) is 0 Å². The molecule has 3 atom stereocenters. The summed E-state index contributed by atoms with van der Waals surface area (Å²) in [5, 5.41) is 3.61. The maximum Gasteiger partial charge on any atom is 0.0249 e. The fourth-order valence-corrected chi connectivity index (χ4v) is 3.94. The summed E-state index contributed by atoms with van der Waals surface area (Å²) in [5.41, 5.74) is 0. The number of hydrogen-bond donors (Lipinski definition) is 1. The molecule has 2 rings (SSSR count). The molecule has 112 valence electrons. The van der Waals surface area contributed by atoms with Gasteiger partial charge in [-0.05, 0) is 53.4 Å². The van der Waals surface area contributed by atoms with Gasteiger partial charge in [0.1, 0.15) is 0 Å². The molecule has 1 N–H and O–H groups in total. The van der Waals surface area contributed by atoms with E-state index >= 15 is 0 Å². The molecule has 3 heteroatoms. The lowest BCUT2D eigenvalue weighted by molar-refractivity contribution is 0.0687. The van der Waals surface area contributed by atoms with Gasteiger partial charge in [-0.25, -0.2) is 0 Å². The summed E-state index contributed by atoms with van der Waals surface area (Å²) in [6.07, 6.45) is 11.2. The number of piperidine rings is 1. The van der Waals surface area contributed by atoms with E-state index in [0.717, 1.165) is 12.1 Å². The Balaban J connectivity index is 1.98. The van der Waals surface area contributed by atoms with Crippen molar-refractivity contribution in [2.45, 2.75) is 69.5 Å². The minimum Gasteiger partial charge on any atom is -0.315 e. The van der Waals surface area contributed by atoms with E-state index < -0.39 is 0 Å². The smallest absolute Gasteiger partial charge is 0.0249 e. The zero-order chi connectivity index (χ0) is 13.7. The Morgan fingerprint density at radius 3 is 2.37 bits per heavy atom. The number of nitrogens with zero attached hydrogens (tertiary/aromatic N) is 2. The number of likely N-dealkylation sites (N-methyl/N-ethyl adjacent to an activating group) is 2. The maximum absolute atomic E-state index is 3.61. The number of hydrogen-bond acceptors (Lipinski definition) is 3. The Morgan fingerprint density at radius 2 is 1.68 bits per heavy atom. The summed E-state index contributed by atoms with van der Waals surface area (Å²) in [6.45, 7) is 2.59. The first-order chi connectivity index (χ1) is 9.22. The SMILES string of the molecule is CNC1CCCCCCC1N1CCCC(N(C)C)C1. The van der Waals surface area contributed by atoms with Crippen molar-refractivity contribution >= 4 is 0 Å². The lowest BCUT2D eigenvalue weighted by Gasteiger charge is -2.44. The first-order valence-electron chi connectivity index (χ1n) is 8.30. The molecule has 0 radical (unpaired) electrons. The minimum atomic E-state index is 0.709. The molecule has 1 aliphatic carbocycles. The van der Waals surface area contributed by atoms with E-state index in [1.165, 1.54) is 64.5 Å². The average Bonchev–Trinajstić information content (AvgIpc) is 2.39. The fraction of sp³-hybridized carbons (Fsp3) is 1.00. The molecule has 0 bridgehead atoms. The molecule has 1 saturated carbocycles. The highest BCUT2D eigenvalue weighted by atomic mass is 15.2. The van der Waals surface area contributed by atoms with Gasteiger partial charge in [0.05, 0.1) is 0 Å². The van der Waals surface area contributed by atoms with Crippen molar-refractivity contribution in [2.75, 3.05) is 34.2 Å². The highest BCUT2D eigenvalue weighted by Gasteiger charge is 2.31. The van der Waals surface area contributed by atoms with Crippen LogP contribution in [0, 0.1) is 0 Å². The monoisotopic (exact) mass is 267 g/mol. The van der Waals surface area contributed by atoms with Gasteiger partial charge in [0.15, 0.2) is 0 Å². The van der Waals surface area contributed by atoms with E-state index in [4.69, 9.17) is 0 Å². The van der Waals surface area contributed by atoms with Crippen molar-refractivity contribution in [3.63, 3.8) is 0 Å². The lowest BCUT2D eigenvalue weighted by atomic mass is 9.89. The van der Waals surface area contributed by atoms with Crippen molar-refractivity contribution in [2.24, 2.45) is 0 Å². The van der Waals surface area contributed by atoms with Gasteiger partial charge < -0.3 is 10.2 Å². The predicted molar refractivity (Wildman–Crippen MR) is 82.6 cm³/mol. The van der Waals surface area contributed by atoms with Gasteiger partial charge in [-0.2, -0.15) is 0 Å². The molecule has 0 aromatic heterocycles. The van der Waals surface area contributed by atoms with E-state index in [1.54, 1.807) is 0 Å². The molecule has 2 aliphatic rings. The molecule has 19 heavy (non-hydrogen) atoms. The summed E-state index contributed by atoms with van der Waals surface area (Å²) in [6, 6.07) is 2.24. The normalized spacial score (nSPS) is 35.1. The van der Waals surface area contributed by atoms with Gasteiger partial charge in [0.2, 0.25) is 0 Å². The molecule has 2 fully saturated rings. The van der Waals surface area contributed by atoms with E-state index in [-0.39, 0.29) is 0 Å². The maximum atomic E-state index is 3.61. The molecule has 1 saturated heterocycles. The Kier molecular flexibility index (Phi) is 6.11. The molecule has 3 unspecified atom stereocenters. The molecule has 3 nitrogen and oxygen atoms in total. The van der Waals surface area contributed by atoms with Crippen LogP contribution in [0.4, 0.5) is 0 Å². The van der Waals surface area contributed by atoms with Gasteiger partial charge in [-0.1, -0.05) is 25.7 Å². The average molecular weight is 267 g/mol. The van der Waals surface area contributed by atoms with E-state index in [1.807, 2.05) is 0 Å². The van der Waals surface area contributed by atoms with Gasteiger partial charge in [-0.15, -0.1) is 0 Å². The first-order valence-corrected chi connectivity index (χ1v) is 8.30. The van der Waals surface area contributed by atoms with Crippen LogP contribution >= 0.6 is 0 Å². The molecular formula is C16H33N3. The van der Waals surface area contributed by atoms with Crippen LogP contribution < -0.4 is 5.32 Å². The van der Waals surface area contributed by atoms with Gasteiger partial charge in [0, 0.05) is 24.7 Å². The Bertz CT molecular complexity index is 254. The molecule has 0 spiro atoms. The van der Waals surface area contributed by atoms with Crippen LogP contribution in [-0.4, -0.2) is 62.2 Å². The lowest BCUT2D eigenvalue weighted by Crippen LogP contribution is -2.55. The van der Waals surface area contributed by atoms with Gasteiger partial charge in [-0.3, -0.25) is 4.90 Å². The van der Waals surface area contributed by atoms with Crippen LogP contribution in [0.1, 0.15) is 51.4 Å². The van der Waals surface area contributed by atoms with Crippen molar-refractivity contribution < 1.29 is 0 Å². The first kappa shape index (κ1) is 15.3. The van der Waals surface area contributed by atoms with E-state index in [2.05, 4.69) is 36.3 Å². The standard InChI is InChI=1S/C16H33N3/c1-17-15-10-6-4-5-7-11-16(15)19-12-8-9-14(13-19)18(2)3/h14-17H,4-13H2,1-3H3. The summed E-state index contributed by atoms with van der Waals surface area (Å²) in [7, 11) is 6.64. The fourth-order valence-electron chi connectivity index (χ4n) is 3.94. The summed E-state index contributed by atoms with van der Waals surface area (Å²) < 4.78 is 0. The molecule has 0 amide bonds. The van der Waals surface area contributed by atoms with E-state index in [0.29, 0.717) is 6.04 Å². The van der Waals surface area contributed by atoms with Crippen LogP contribution in [0.2, 0.25) is 0 Å². The van der Waals surface area contributed by atoms with Crippen molar-refractivity contribution in [3.05, 3.63) is 0 Å². The minimum absolute atomic E-state index is 0.709. The van der Waals surface area contributed by atoms with E-state index in [9.17, 15) is 0 Å². The summed E-state index contributed by atoms with van der Waals surface area (Å²) in [5.74, 6) is 0. The second-order valence-electron chi connectivity index (χ2n) is 6.71. The molecular weight excluding hydrogens is 234 g/mol. The highest BCUT2D eigenvalue weighted by molar-refractivity contribution is 4.89. The third-order valence-electron chi connectivity index (χ3n) is 5.23. The summed E-state index contributed by atoms with van der Waals surface area (Å²) >= 11 is 0. The van der Waals surface area contributed by atoms with Crippen LogP contribution in [0.15, 0.2) is 0 Å². The Morgan fingerprint density at radius 1 is 0.947 bits per heavy atom. The largest absolute Gasteiger partial charge is 0.315 e. The second-order valence-corrected chi connectivity index (χ2v) is 6.71. The molecule has 1 heterocycles. The van der Waals surface area contributed by atoms with Crippen LogP contribution in [-0.2, 0) is 0 Å². The molecule has 1 aliphatic heterocycles. The van der Waals surface area contributed by atoms with Crippen molar-refractivity contribution in [1.82, 2.24) is 15.1 Å². The van der Waals surface area contributed by atoms with Crippen LogP contribution in [0.25, 0.3) is 0 Å². The third-order valence-corrected chi connectivity index (χ3v) is 5.23. The van der Waals surface area contributed by atoms with Gasteiger partial charge >= 0.3 is 0 Å². The highest BCUT2D eigenvalue weighted by Crippen LogP contribution is 2.25. The Labute approximate surface area is 119 Å². The quantitative estimate of drug-likeness (QED) is 0.846. The zero-order valence-electron chi connectivity index (χ0n) is 13.2. The van der Waals surface area contributed by atoms with Crippen molar-refractivity contribution in [1.29, 1.82) is 0 Å². The molecule has 0 aromatic rings. The zero-order valence-corrected chi connectivity index (χ0v) is 13.2. The number of rotatable bonds is 3. The topological polar surface area (TPSA) is 18.5 Å². The number of nitrogens with one attached hydrogen (secondary N) is 1. The van der Waals surface area contributed by atoms with Crippen molar-refractivity contribution in [3.8, 4) is 0 Å². The third kappa shape index (κ3) is 4.17.